The van der Waals surface area contributed by atoms with Crippen LogP contribution in [0.1, 0.15) is 24.6 Å². The number of anilines is 1. The molecule has 3 rings (SSSR count). The average molecular weight is 335 g/mol. The highest BCUT2D eigenvalue weighted by molar-refractivity contribution is 7.99. The van der Waals surface area contributed by atoms with Crippen LogP contribution in [0.2, 0.25) is 0 Å². The lowest BCUT2D eigenvalue weighted by Gasteiger charge is -2.21. The van der Waals surface area contributed by atoms with Gasteiger partial charge in [0.15, 0.2) is 5.16 Å². The second-order valence-electron chi connectivity index (χ2n) is 5.42. The fourth-order valence-electron chi connectivity index (χ4n) is 2.62. The van der Waals surface area contributed by atoms with Crippen LogP contribution in [0.3, 0.4) is 0 Å². The Morgan fingerprint density at radius 2 is 2.17 bits per heavy atom. The summed E-state index contributed by atoms with van der Waals surface area (Å²) < 4.78 is 2.06. The second-order valence-corrected chi connectivity index (χ2v) is 6.41. The summed E-state index contributed by atoms with van der Waals surface area (Å²) in [6, 6.07) is 1.85. The van der Waals surface area contributed by atoms with Gasteiger partial charge in [-0.25, -0.2) is 9.97 Å². The lowest BCUT2D eigenvalue weighted by Crippen LogP contribution is -2.27. The highest BCUT2D eigenvalue weighted by Gasteiger charge is 2.22. The van der Waals surface area contributed by atoms with Crippen molar-refractivity contribution in [3.8, 4) is 0 Å². The fourth-order valence-corrected chi connectivity index (χ4v) is 3.39. The Kier molecular flexibility index (Phi) is 5.42. The van der Waals surface area contributed by atoms with Crippen molar-refractivity contribution in [3.05, 3.63) is 18.2 Å². The van der Waals surface area contributed by atoms with Crippen LogP contribution in [0.4, 0.5) is 5.82 Å². The van der Waals surface area contributed by atoms with Crippen LogP contribution >= 0.6 is 11.8 Å². The minimum atomic E-state index is 0.0649. The van der Waals surface area contributed by atoms with E-state index in [1.165, 1.54) is 18.1 Å². The van der Waals surface area contributed by atoms with Gasteiger partial charge in [0.2, 0.25) is 0 Å². The molecule has 1 saturated heterocycles. The average Bonchev–Trinajstić information content (AvgIpc) is 2.95. The number of piperidine rings is 1. The number of aliphatic hydroxyl groups is 1. The normalized spacial score (nSPS) is 15.7. The van der Waals surface area contributed by atoms with Gasteiger partial charge in [0.25, 0.3) is 0 Å². The first-order valence-corrected chi connectivity index (χ1v) is 8.54. The zero-order valence-electron chi connectivity index (χ0n) is 13.1. The summed E-state index contributed by atoms with van der Waals surface area (Å²) in [4.78, 5) is 8.39. The highest BCUT2D eigenvalue weighted by Crippen LogP contribution is 2.29. The first kappa shape index (κ1) is 16.2. The van der Waals surface area contributed by atoms with Crippen molar-refractivity contribution in [1.82, 2.24) is 30.0 Å². The number of hydrogen-bond donors (Lipinski definition) is 3. The summed E-state index contributed by atoms with van der Waals surface area (Å²) in [6.07, 6.45) is 3.70. The Balaban J connectivity index is 1.71. The van der Waals surface area contributed by atoms with E-state index < -0.39 is 0 Å². The third-order valence-corrected chi connectivity index (χ3v) is 4.80. The standard InChI is InChI=1S/C14H21N7OS/c1-21-13(10-2-4-15-5-3-10)19-20-14(21)23-12-8-11(16-6-7-22)17-9-18-12/h8-10,15,22H,2-7H2,1H3,(H,16,17,18). The Bertz CT molecular complexity index is 642. The molecule has 23 heavy (non-hydrogen) atoms. The maximum Gasteiger partial charge on any atom is 0.197 e. The van der Waals surface area contributed by atoms with Gasteiger partial charge < -0.3 is 20.3 Å². The number of nitrogens with zero attached hydrogens (tertiary/aromatic N) is 5. The fraction of sp³-hybridized carbons (Fsp3) is 0.571. The van der Waals surface area contributed by atoms with Crippen molar-refractivity contribution in [3.63, 3.8) is 0 Å². The van der Waals surface area contributed by atoms with Gasteiger partial charge in [0.1, 0.15) is 23.0 Å². The van der Waals surface area contributed by atoms with E-state index in [-0.39, 0.29) is 6.61 Å². The van der Waals surface area contributed by atoms with Crippen molar-refractivity contribution < 1.29 is 5.11 Å². The zero-order valence-corrected chi connectivity index (χ0v) is 13.9. The maximum absolute atomic E-state index is 8.86. The van der Waals surface area contributed by atoms with Crippen LogP contribution in [0, 0.1) is 0 Å². The predicted octanol–water partition coefficient (Wildman–Crippen LogP) is 0.627. The van der Waals surface area contributed by atoms with Crippen LogP contribution in [0.5, 0.6) is 0 Å². The molecule has 124 valence electrons. The second kappa shape index (κ2) is 7.71. The Labute approximate surface area is 139 Å². The Morgan fingerprint density at radius 1 is 1.35 bits per heavy atom. The predicted molar refractivity (Wildman–Crippen MR) is 87.6 cm³/mol. The smallest absolute Gasteiger partial charge is 0.197 e. The molecule has 2 aromatic rings. The minimum absolute atomic E-state index is 0.0649. The molecule has 2 aromatic heterocycles. The van der Waals surface area contributed by atoms with E-state index in [2.05, 4.69) is 35.4 Å². The van der Waals surface area contributed by atoms with Gasteiger partial charge in [-0.3, -0.25) is 0 Å². The molecule has 0 amide bonds. The molecular formula is C14H21N7OS. The molecule has 0 unspecified atom stereocenters. The van der Waals surface area contributed by atoms with Crippen molar-refractivity contribution in [1.29, 1.82) is 0 Å². The molecule has 1 fully saturated rings. The Hall–Kier alpha value is -1.71. The monoisotopic (exact) mass is 335 g/mol. The van der Waals surface area contributed by atoms with Gasteiger partial charge in [-0.15, -0.1) is 10.2 Å². The lowest BCUT2D eigenvalue weighted by atomic mass is 9.97. The van der Waals surface area contributed by atoms with E-state index in [1.807, 2.05) is 13.1 Å². The topological polar surface area (TPSA) is 101 Å². The largest absolute Gasteiger partial charge is 0.395 e. The van der Waals surface area contributed by atoms with E-state index in [0.717, 1.165) is 41.9 Å². The van der Waals surface area contributed by atoms with Gasteiger partial charge in [-0.2, -0.15) is 0 Å². The van der Waals surface area contributed by atoms with Gasteiger partial charge in [-0.05, 0) is 37.7 Å². The van der Waals surface area contributed by atoms with Crippen molar-refractivity contribution >= 4 is 17.6 Å². The summed E-state index contributed by atoms with van der Waals surface area (Å²) in [5.41, 5.74) is 0. The molecule has 0 aromatic carbocycles. The van der Waals surface area contributed by atoms with Crippen molar-refractivity contribution in [2.45, 2.75) is 28.9 Å². The summed E-state index contributed by atoms with van der Waals surface area (Å²) in [7, 11) is 2.01. The molecule has 0 atom stereocenters. The molecule has 1 aliphatic rings. The van der Waals surface area contributed by atoms with Gasteiger partial charge in [0, 0.05) is 25.6 Å². The Morgan fingerprint density at radius 3 is 2.96 bits per heavy atom. The first-order chi connectivity index (χ1) is 11.3. The molecule has 9 heteroatoms. The number of nitrogens with one attached hydrogen (secondary N) is 2. The molecule has 0 saturated carbocycles. The van der Waals surface area contributed by atoms with E-state index in [0.29, 0.717) is 18.3 Å². The lowest BCUT2D eigenvalue weighted by molar-refractivity contribution is 0.311. The number of hydrogen-bond acceptors (Lipinski definition) is 8. The minimum Gasteiger partial charge on any atom is -0.395 e. The molecule has 3 N–H and O–H groups in total. The summed E-state index contributed by atoms with van der Waals surface area (Å²) >= 11 is 1.47. The third-order valence-electron chi connectivity index (χ3n) is 3.83. The molecular weight excluding hydrogens is 314 g/mol. The van der Waals surface area contributed by atoms with Gasteiger partial charge >= 0.3 is 0 Å². The van der Waals surface area contributed by atoms with E-state index in [4.69, 9.17) is 5.11 Å². The quantitative estimate of drug-likeness (QED) is 0.661. The third kappa shape index (κ3) is 3.98. The molecule has 0 bridgehead atoms. The van der Waals surface area contributed by atoms with Gasteiger partial charge in [-0.1, -0.05) is 0 Å². The molecule has 1 aliphatic heterocycles. The van der Waals surface area contributed by atoms with E-state index in [9.17, 15) is 0 Å². The van der Waals surface area contributed by atoms with Crippen molar-refractivity contribution in [2.75, 3.05) is 31.6 Å². The van der Waals surface area contributed by atoms with Crippen LogP contribution in [0.25, 0.3) is 0 Å². The molecule has 0 aliphatic carbocycles. The first-order valence-electron chi connectivity index (χ1n) is 7.72. The summed E-state index contributed by atoms with van der Waals surface area (Å²) in [6.45, 7) is 2.60. The number of rotatable bonds is 6. The summed E-state index contributed by atoms with van der Waals surface area (Å²) in [5, 5.41) is 25.6. The van der Waals surface area contributed by atoms with E-state index in [1.54, 1.807) is 0 Å². The molecule has 0 radical (unpaired) electrons. The molecule has 0 spiro atoms. The summed E-state index contributed by atoms with van der Waals surface area (Å²) in [5.74, 6) is 2.20. The van der Waals surface area contributed by atoms with Gasteiger partial charge in [0.05, 0.1) is 6.61 Å². The SMILES string of the molecule is Cn1c(Sc2cc(NCCO)ncn2)nnc1C1CCNCC1. The van der Waals surface area contributed by atoms with Crippen LogP contribution < -0.4 is 10.6 Å². The molecule has 3 heterocycles. The van der Waals surface area contributed by atoms with Crippen molar-refractivity contribution in [2.24, 2.45) is 7.05 Å². The number of aromatic nitrogens is 5. The zero-order chi connectivity index (χ0) is 16.1. The maximum atomic E-state index is 8.86. The van der Waals surface area contributed by atoms with Crippen LogP contribution in [0.15, 0.2) is 22.6 Å². The van der Waals surface area contributed by atoms with E-state index >= 15 is 0 Å². The van der Waals surface area contributed by atoms with Crippen LogP contribution in [-0.4, -0.2) is 56.1 Å². The molecule has 8 nitrogen and oxygen atoms in total. The number of aliphatic hydroxyl groups excluding tert-OH is 1. The highest BCUT2D eigenvalue weighted by atomic mass is 32.2. The van der Waals surface area contributed by atoms with Crippen LogP contribution in [-0.2, 0) is 7.05 Å².